The Balaban J connectivity index is 1.44. The number of aromatic nitrogens is 3. The van der Waals surface area contributed by atoms with Gasteiger partial charge in [0.1, 0.15) is 11.5 Å². The molecule has 1 fully saturated rings. The summed E-state index contributed by atoms with van der Waals surface area (Å²) < 4.78 is 5.60. The molecule has 0 unspecified atom stereocenters. The Kier molecular flexibility index (Phi) is 6.96. The molecule has 0 radical (unpaired) electrons. The molecule has 9 nitrogen and oxygen atoms in total. The number of benzene rings is 2. The van der Waals surface area contributed by atoms with Gasteiger partial charge in [0.25, 0.3) is 0 Å². The second kappa shape index (κ2) is 10.6. The number of anilines is 4. The van der Waals surface area contributed by atoms with Crippen LogP contribution in [0.1, 0.15) is 0 Å². The van der Waals surface area contributed by atoms with Gasteiger partial charge in [-0.3, -0.25) is 4.79 Å². The first-order valence-electron chi connectivity index (χ1n) is 12.1. The standard InChI is InChI=1S/C28H29N7O2/c1-4-25(36)30-21-9-5-7-19(17-21)22-10-6-8-20-18-29-28(33-26(20)22)31-23-11-12-24(32-27(23)37-3)35-15-13-34(2)14-16-35/h4-12,17-18H,1,13-16H2,2-3H3,(H,30,36)(H,29,31,33). The van der Waals surface area contributed by atoms with Crippen LogP contribution in [0.3, 0.4) is 0 Å². The number of hydrogen-bond donors (Lipinski definition) is 2. The van der Waals surface area contributed by atoms with E-state index in [0.717, 1.165) is 54.0 Å². The molecule has 9 heteroatoms. The lowest BCUT2D eigenvalue weighted by atomic mass is 10.0. The van der Waals surface area contributed by atoms with Gasteiger partial charge in [-0.25, -0.2) is 9.97 Å². The number of rotatable bonds is 7. The number of amides is 1. The molecular formula is C28H29N7O2. The van der Waals surface area contributed by atoms with Gasteiger partial charge in [-0.1, -0.05) is 36.9 Å². The molecule has 0 bridgehead atoms. The van der Waals surface area contributed by atoms with Crippen LogP contribution in [-0.4, -0.2) is 66.1 Å². The number of carbonyl (C=O) groups excluding carboxylic acids is 1. The number of likely N-dealkylation sites (N-methyl/N-ethyl adjacent to an activating group) is 1. The second-order valence-corrected chi connectivity index (χ2v) is 8.85. The summed E-state index contributed by atoms with van der Waals surface area (Å²) in [5.41, 5.74) is 4.00. The number of methoxy groups -OCH3 is 1. The van der Waals surface area contributed by atoms with E-state index in [-0.39, 0.29) is 5.91 Å². The number of hydrogen-bond acceptors (Lipinski definition) is 8. The van der Waals surface area contributed by atoms with Gasteiger partial charge in [0, 0.05) is 49.0 Å². The van der Waals surface area contributed by atoms with E-state index in [0.29, 0.717) is 23.2 Å². The Morgan fingerprint density at radius 3 is 2.65 bits per heavy atom. The fourth-order valence-electron chi connectivity index (χ4n) is 4.32. The van der Waals surface area contributed by atoms with Crippen LogP contribution in [0.25, 0.3) is 22.0 Å². The number of piperazine rings is 1. The zero-order chi connectivity index (χ0) is 25.8. The van der Waals surface area contributed by atoms with E-state index in [4.69, 9.17) is 14.7 Å². The average Bonchev–Trinajstić information content (AvgIpc) is 2.93. The van der Waals surface area contributed by atoms with Gasteiger partial charge in [-0.15, -0.1) is 0 Å². The van der Waals surface area contributed by atoms with Gasteiger partial charge in [-0.05, 0) is 43.0 Å². The van der Waals surface area contributed by atoms with Crippen molar-refractivity contribution in [2.24, 2.45) is 0 Å². The van der Waals surface area contributed by atoms with Gasteiger partial charge in [0.05, 0.1) is 12.6 Å². The predicted molar refractivity (Wildman–Crippen MR) is 148 cm³/mol. The van der Waals surface area contributed by atoms with Crippen molar-refractivity contribution in [2.75, 3.05) is 55.9 Å². The molecule has 3 heterocycles. The highest BCUT2D eigenvalue weighted by Crippen LogP contribution is 2.32. The number of nitrogens with zero attached hydrogens (tertiary/aromatic N) is 5. The van der Waals surface area contributed by atoms with Crippen molar-refractivity contribution < 1.29 is 9.53 Å². The SMILES string of the molecule is C=CC(=O)Nc1cccc(-c2cccc3cnc(Nc4ccc(N5CCN(C)CC5)nc4OC)nc23)c1. The quantitative estimate of drug-likeness (QED) is 0.366. The number of para-hydroxylation sites is 1. The lowest BCUT2D eigenvalue weighted by molar-refractivity contribution is -0.111. The van der Waals surface area contributed by atoms with Crippen LogP contribution in [0.5, 0.6) is 5.88 Å². The number of fused-ring (bicyclic) bond motifs is 1. The molecule has 188 valence electrons. The van der Waals surface area contributed by atoms with E-state index in [1.165, 1.54) is 6.08 Å². The summed E-state index contributed by atoms with van der Waals surface area (Å²) in [4.78, 5) is 30.4. The van der Waals surface area contributed by atoms with Crippen LogP contribution in [0.2, 0.25) is 0 Å². The third kappa shape index (κ3) is 5.36. The van der Waals surface area contributed by atoms with E-state index in [1.807, 2.05) is 54.6 Å². The van der Waals surface area contributed by atoms with Crippen molar-refractivity contribution in [2.45, 2.75) is 0 Å². The van der Waals surface area contributed by atoms with Gasteiger partial charge < -0.3 is 25.2 Å². The molecule has 1 amide bonds. The lowest BCUT2D eigenvalue weighted by Crippen LogP contribution is -2.44. The molecule has 4 aromatic rings. The van der Waals surface area contributed by atoms with Gasteiger partial charge in [0.15, 0.2) is 0 Å². The Morgan fingerprint density at radius 1 is 1.05 bits per heavy atom. The first kappa shape index (κ1) is 24.2. The third-order valence-electron chi connectivity index (χ3n) is 6.35. The second-order valence-electron chi connectivity index (χ2n) is 8.85. The zero-order valence-corrected chi connectivity index (χ0v) is 20.9. The largest absolute Gasteiger partial charge is 0.479 e. The van der Waals surface area contributed by atoms with Crippen LogP contribution >= 0.6 is 0 Å². The van der Waals surface area contributed by atoms with Crippen LogP contribution in [0, 0.1) is 0 Å². The molecule has 1 aliphatic heterocycles. The molecule has 37 heavy (non-hydrogen) atoms. The molecular weight excluding hydrogens is 466 g/mol. The number of nitrogens with one attached hydrogen (secondary N) is 2. The van der Waals surface area contributed by atoms with Gasteiger partial charge in [-0.2, -0.15) is 4.98 Å². The first-order valence-corrected chi connectivity index (χ1v) is 12.1. The summed E-state index contributed by atoms with van der Waals surface area (Å²) >= 11 is 0. The highest BCUT2D eigenvalue weighted by Gasteiger charge is 2.18. The van der Waals surface area contributed by atoms with Gasteiger partial charge >= 0.3 is 0 Å². The molecule has 0 atom stereocenters. The molecule has 5 rings (SSSR count). The summed E-state index contributed by atoms with van der Waals surface area (Å²) in [6.07, 6.45) is 3.03. The molecule has 2 N–H and O–H groups in total. The van der Waals surface area contributed by atoms with E-state index < -0.39 is 0 Å². The minimum Gasteiger partial charge on any atom is -0.479 e. The highest BCUT2D eigenvalue weighted by molar-refractivity contribution is 6.00. The minimum absolute atomic E-state index is 0.259. The van der Waals surface area contributed by atoms with E-state index in [9.17, 15) is 4.79 Å². The molecule has 0 saturated carbocycles. The van der Waals surface area contributed by atoms with Crippen molar-refractivity contribution in [3.63, 3.8) is 0 Å². The highest BCUT2D eigenvalue weighted by atomic mass is 16.5. The fourth-order valence-corrected chi connectivity index (χ4v) is 4.32. The van der Waals surface area contributed by atoms with Crippen LogP contribution in [-0.2, 0) is 4.79 Å². The van der Waals surface area contributed by atoms with Crippen molar-refractivity contribution >= 4 is 40.0 Å². The number of ether oxygens (including phenoxy) is 1. The molecule has 1 aliphatic rings. The molecule has 1 saturated heterocycles. The maximum Gasteiger partial charge on any atom is 0.247 e. The van der Waals surface area contributed by atoms with Crippen molar-refractivity contribution in [1.29, 1.82) is 0 Å². The predicted octanol–water partition coefficient (Wildman–Crippen LogP) is 4.32. The van der Waals surface area contributed by atoms with E-state index >= 15 is 0 Å². The maximum absolute atomic E-state index is 11.8. The summed E-state index contributed by atoms with van der Waals surface area (Å²) in [7, 11) is 3.74. The lowest BCUT2D eigenvalue weighted by Gasteiger charge is -2.33. The summed E-state index contributed by atoms with van der Waals surface area (Å²) in [5.74, 6) is 1.55. The summed E-state index contributed by atoms with van der Waals surface area (Å²) in [6.45, 7) is 7.36. The van der Waals surface area contributed by atoms with Crippen LogP contribution in [0.15, 0.2) is 73.4 Å². The monoisotopic (exact) mass is 495 g/mol. The average molecular weight is 496 g/mol. The first-order chi connectivity index (χ1) is 18.0. The van der Waals surface area contributed by atoms with E-state index in [1.54, 1.807) is 13.3 Å². The number of pyridine rings is 1. The summed E-state index contributed by atoms with van der Waals surface area (Å²) in [6, 6.07) is 17.5. The van der Waals surface area contributed by atoms with Crippen LogP contribution < -0.4 is 20.3 Å². The fraction of sp³-hybridized carbons (Fsp3) is 0.214. The van der Waals surface area contributed by atoms with Crippen LogP contribution in [0.4, 0.5) is 23.1 Å². The smallest absolute Gasteiger partial charge is 0.247 e. The topological polar surface area (TPSA) is 95.5 Å². The third-order valence-corrected chi connectivity index (χ3v) is 6.35. The molecule has 2 aromatic carbocycles. The Bertz CT molecular complexity index is 1450. The van der Waals surface area contributed by atoms with Crippen molar-refractivity contribution in [3.05, 3.63) is 73.4 Å². The zero-order valence-electron chi connectivity index (χ0n) is 20.9. The Hall–Kier alpha value is -4.50. The maximum atomic E-state index is 11.8. The molecule has 0 aliphatic carbocycles. The van der Waals surface area contributed by atoms with Gasteiger partial charge in [0.2, 0.25) is 17.7 Å². The minimum atomic E-state index is -0.259. The Morgan fingerprint density at radius 2 is 1.86 bits per heavy atom. The number of carbonyl (C=O) groups is 1. The molecule has 2 aromatic heterocycles. The van der Waals surface area contributed by atoms with E-state index in [2.05, 4.69) is 39.0 Å². The Labute approximate surface area is 215 Å². The normalized spacial score (nSPS) is 13.8. The van der Waals surface area contributed by atoms with Crippen molar-refractivity contribution in [3.8, 4) is 17.0 Å². The summed E-state index contributed by atoms with van der Waals surface area (Å²) in [5, 5.41) is 6.98. The molecule has 0 spiro atoms. The van der Waals surface area contributed by atoms with Crippen molar-refractivity contribution in [1.82, 2.24) is 19.9 Å².